The summed E-state index contributed by atoms with van der Waals surface area (Å²) in [6.07, 6.45) is 3.02. The van der Waals surface area contributed by atoms with Crippen LogP contribution < -0.4 is 4.74 Å². The summed E-state index contributed by atoms with van der Waals surface area (Å²) >= 11 is 3.39. The van der Waals surface area contributed by atoms with Crippen molar-refractivity contribution in [2.24, 2.45) is 0 Å². The van der Waals surface area contributed by atoms with Crippen molar-refractivity contribution >= 4 is 15.9 Å². The molecule has 4 nitrogen and oxygen atoms in total. The summed E-state index contributed by atoms with van der Waals surface area (Å²) < 4.78 is 7.37. The number of rotatable bonds is 5. The van der Waals surface area contributed by atoms with Crippen LogP contribution in [0.15, 0.2) is 30.5 Å². The lowest BCUT2D eigenvalue weighted by Gasteiger charge is -2.09. The van der Waals surface area contributed by atoms with E-state index in [0.29, 0.717) is 0 Å². The zero-order valence-corrected chi connectivity index (χ0v) is 12.1. The average Bonchev–Trinajstić information content (AvgIpc) is 2.78. The van der Waals surface area contributed by atoms with Gasteiger partial charge in [0.15, 0.2) is 0 Å². The number of ether oxygens (including phenoxy) is 1. The van der Waals surface area contributed by atoms with Gasteiger partial charge in [-0.25, -0.2) is 4.68 Å². The molecule has 18 heavy (non-hydrogen) atoms. The Kier molecular flexibility index (Phi) is 4.36. The minimum atomic E-state index is 0.188. The minimum Gasteiger partial charge on any atom is -0.491 e. The standard InChI is InChI=1S/C13H16BrN3O/c1-10(2)18-13-5-3-12(4-6-13)17-9-11(7-8-14)15-16-17/h3-6,9-10H,7-8H2,1-2H3. The van der Waals surface area contributed by atoms with Gasteiger partial charge in [-0.3, -0.25) is 0 Å². The molecule has 0 atom stereocenters. The van der Waals surface area contributed by atoms with E-state index in [2.05, 4.69) is 26.2 Å². The van der Waals surface area contributed by atoms with E-state index in [1.54, 1.807) is 4.68 Å². The quantitative estimate of drug-likeness (QED) is 0.797. The van der Waals surface area contributed by atoms with E-state index in [4.69, 9.17) is 4.74 Å². The Morgan fingerprint density at radius 1 is 1.28 bits per heavy atom. The van der Waals surface area contributed by atoms with Crippen molar-refractivity contribution in [3.8, 4) is 11.4 Å². The van der Waals surface area contributed by atoms with E-state index in [1.807, 2.05) is 44.3 Å². The fraction of sp³-hybridized carbons (Fsp3) is 0.385. The van der Waals surface area contributed by atoms with Crippen LogP contribution in [0.5, 0.6) is 5.75 Å². The van der Waals surface area contributed by atoms with Gasteiger partial charge < -0.3 is 4.74 Å². The Hall–Kier alpha value is -1.36. The first-order valence-corrected chi connectivity index (χ1v) is 7.05. The van der Waals surface area contributed by atoms with E-state index >= 15 is 0 Å². The zero-order valence-electron chi connectivity index (χ0n) is 10.5. The van der Waals surface area contributed by atoms with Crippen LogP contribution in [0, 0.1) is 0 Å². The molecule has 96 valence electrons. The highest BCUT2D eigenvalue weighted by molar-refractivity contribution is 9.09. The molecular formula is C13H16BrN3O. The van der Waals surface area contributed by atoms with E-state index in [-0.39, 0.29) is 6.10 Å². The number of hydrogen-bond acceptors (Lipinski definition) is 3. The van der Waals surface area contributed by atoms with Gasteiger partial charge in [0.25, 0.3) is 0 Å². The fourth-order valence-corrected chi connectivity index (χ4v) is 1.99. The lowest BCUT2D eigenvalue weighted by Crippen LogP contribution is -2.05. The summed E-state index contributed by atoms with van der Waals surface area (Å²) in [4.78, 5) is 0. The van der Waals surface area contributed by atoms with Crippen molar-refractivity contribution in [1.82, 2.24) is 15.0 Å². The maximum Gasteiger partial charge on any atom is 0.119 e. The van der Waals surface area contributed by atoms with Crippen LogP contribution >= 0.6 is 15.9 Å². The molecule has 0 fully saturated rings. The number of alkyl halides is 1. The second-order valence-corrected chi connectivity index (χ2v) is 5.05. The molecule has 2 rings (SSSR count). The van der Waals surface area contributed by atoms with Crippen LogP contribution in [0.4, 0.5) is 0 Å². The molecule has 5 heteroatoms. The van der Waals surface area contributed by atoms with Gasteiger partial charge in [0, 0.05) is 11.8 Å². The molecule has 2 aromatic rings. The number of nitrogens with zero attached hydrogens (tertiary/aromatic N) is 3. The molecule has 0 amide bonds. The normalized spacial score (nSPS) is 10.9. The smallest absolute Gasteiger partial charge is 0.119 e. The molecule has 1 aromatic heterocycles. The molecule has 0 N–H and O–H groups in total. The van der Waals surface area contributed by atoms with Crippen molar-refractivity contribution in [2.75, 3.05) is 5.33 Å². The number of halogens is 1. The summed E-state index contributed by atoms with van der Waals surface area (Å²) in [7, 11) is 0. The summed E-state index contributed by atoms with van der Waals surface area (Å²) in [6.45, 7) is 4.02. The van der Waals surface area contributed by atoms with E-state index in [9.17, 15) is 0 Å². The monoisotopic (exact) mass is 309 g/mol. The highest BCUT2D eigenvalue weighted by Gasteiger charge is 2.03. The Morgan fingerprint density at radius 3 is 2.61 bits per heavy atom. The third-order valence-electron chi connectivity index (χ3n) is 2.36. The third-order valence-corrected chi connectivity index (χ3v) is 2.76. The van der Waals surface area contributed by atoms with Gasteiger partial charge >= 0.3 is 0 Å². The Labute approximate surface area is 115 Å². The van der Waals surface area contributed by atoms with Crippen molar-refractivity contribution in [3.05, 3.63) is 36.2 Å². The summed E-state index contributed by atoms with van der Waals surface area (Å²) in [6, 6.07) is 7.84. The lowest BCUT2D eigenvalue weighted by molar-refractivity contribution is 0.242. The molecular weight excluding hydrogens is 294 g/mol. The third kappa shape index (κ3) is 3.32. The maximum absolute atomic E-state index is 5.60. The fourth-order valence-electron chi connectivity index (χ4n) is 1.59. The van der Waals surface area contributed by atoms with E-state index in [1.165, 1.54) is 0 Å². The number of hydrogen-bond donors (Lipinski definition) is 0. The minimum absolute atomic E-state index is 0.188. The highest BCUT2D eigenvalue weighted by Crippen LogP contribution is 2.16. The van der Waals surface area contributed by atoms with E-state index in [0.717, 1.165) is 28.9 Å². The van der Waals surface area contributed by atoms with Gasteiger partial charge in [0.2, 0.25) is 0 Å². The topological polar surface area (TPSA) is 39.9 Å². The van der Waals surface area contributed by atoms with Crippen LogP contribution in [0.3, 0.4) is 0 Å². The molecule has 0 radical (unpaired) electrons. The summed E-state index contributed by atoms with van der Waals surface area (Å²) in [5.41, 5.74) is 1.97. The molecule has 0 aliphatic rings. The SMILES string of the molecule is CC(C)Oc1ccc(-n2cc(CCBr)nn2)cc1. The van der Waals surface area contributed by atoms with Crippen LogP contribution in [-0.2, 0) is 6.42 Å². The van der Waals surface area contributed by atoms with Gasteiger partial charge in [-0.1, -0.05) is 21.1 Å². The van der Waals surface area contributed by atoms with Crippen LogP contribution in [-0.4, -0.2) is 26.4 Å². The molecule has 1 aromatic carbocycles. The Morgan fingerprint density at radius 2 is 2.00 bits per heavy atom. The second kappa shape index (κ2) is 6.00. The van der Waals surface area contributed by atoms with Gasteiger partial charge in [0.05, 0.1) is 23.7 Å². The first kappa shape index (κ1) is 13.1. The van der Waals surface area contributed by atoms with Crippen molar-refractivity contribution in [1.29, 1.82) is 0 Å². The highest BCUT2D eigenvalue weighted by atomic mass is 79.9. The maximum atomic E-state index is 5.60. The van der Waals surface area contributed by atoms with Crippen LogP contribution in [0.1, 0.15) is 19.5 Å². The van der Waals surface area contributed by atoms with Gasteiger partial charge in [-0.15, -0.1) is 5.10 Å². The Balaban J connectivity index is 2.12. The Bertz CT molecular complexity index is 493. The van der Waals surface area contributed by atoms with Gasteiger partial charge in [-0.2, -0.15) is 0 Å². The number of aromatic nitrogens is 3. The molecule has 0 aliphatic heterocycles. The van der Waals surface area contributed by atoms with Crippen LogP contribution in [0.25, 0.3) is 5.69 Å². The zero-order chi connectivity index (χ0) is 13.0. The first-order chi connectivity index (χ1) is 8.69. The van der Waals surface area contributed by atoms with Gasteiger partial charge in [0.1, 0.15) is 5.75 Å². The number of benzene rings is 1. The first-order valence-electron chi connectivity index (χ1n) is 5.93. The number of aryl methyl sites for hydroxylation is 1. The molecule has 0 unspecified atom stereocenters. The molecule has 1 heterocycles. The molecule has 0 spiro atoms. The molecule has 0 saturated carbocycles. The second-order valence-electron chi connectivity index (χ2n) is 4.25. The van der Waals surface area contributed by atoms with E-state index < -0.39 is 0 Å². The largest absolute Gasteiger partial charge is 0.491 e. The average molecular weight is 310 g/mol. The van der Waals surface area contributed by atoms with Crippen molar-refractivity contribution in [3.63, 3.8) is 0 Å². The molecule has 0 bridgehead atoms. The molecule has 0 saturated heterocycles. The summed E-state index contributed by atoms with van der Waals surface area (Å²) in [5.74, 6) is 0.870. The predicted octanol–water partition coefficient (Wildman–Crippen LogP) is 2.99. The lowest BCUT2D eigenvalue weighted by atomic mass is 10.3. The van der Waals surface area contributed by atoms with Crippen LogP contribution in [0.2, 0.25) is 0 Å². The van der Waals surface area contributed by atoms with Crippen molar-refractivity contribution in [2.45, 2.75) is 26.4 Å². The molecule has 0 aliphatic carbocycles. The predicted molar refractivity (Wildman–Crippen MR) is 74.6 cm³/mol. The van der Waals surface area contributed by atoms with Gasteiger partial charge in [-0.05, 0) is 38.1 Å². The van der Waals surface area contributed by atoms with Crippen molar-refractivity contribution < 1.29 is 4.74 Å². The summed E-state index contributed by atoms with van der Waals surface area (Å²) in [5, 5.41) is 9.10.